The van der Waals surface area contributed by atoms with E-state index in [0.717, 1.165) is 44.0 Å². The summed E-state index contributed by atoms with van der Waals surface area (Å²) in [4.78, 5) is 6.43. The van der Waals surface area contributed by atoms with Gasteiger partial charge in [-0.05, 0) is 38.8 Å². The molecule has 1 aromatic heterocycles. The number of rotatable bonds is 5. The van der Waals surface area contributed by atoms with Crippen LogP contribution in [0.15, 0.2) is 24.5 Å². The molecule has 1 atom stereocenters. The number of nitrogens with one attached hydrogen (secondary N) is 1. The maximum absolute atomic E-state index is 13.4. The van der Waals surface area contributed by atoms with Gasteiger partial charge in [0.25, 0.3) is 0 Å². The number of benzene rings is 1. The van der Waals surface area contributed by atoms with E-state index in [1.54, 1.807) is 12.4 Å². The van der Waals surface area contributed by atoms with Crippen molar-refractivity contribution in [2.75, 3.05) is 18.0 Å². The second kappa shape index (κ2) is 7.25. The SMILES string of the molecule is CCn1ncnc1C(C)NC1CCN(c2ccc(F)c(F)c2)CC1. The molecule has 1 fully saturated rings. The molecule has 7 heteroatoms. The molecular weight excluding hydrogens is 312 g/mol. The topological polar surface area (TPSA) is 46.0 Å². The van der Waals surface area contributed by atoms with Crippen LogP contribution in [0.2, 0.25) is 0 Å². The molecule has 0 bridgehead atoms. The van der Waals surface area contributed by atoms with Gasteiger partial charge in [-0.3, -0.25) is 0 Å². The predicted octanol–water partition coefficient (Wildman–Crippen LogP) is 2.90. The summed E-state index contributed by atoms with van der Waals surface area (Å²) in [5.41, 5.74) is 0.742. The zero-order valence-electron chi connectivity index (χ0n) is 14.0. The van der Waals surface area contributed by atoms with E-state index in [4.69, 9.17) is 0 Å². The van der Waals surface area contributed by atoms with Crippen molar-refractivity contribution in [2.45, 2.75) is 45.3 Å². The number of halogens is 2. The Morgan fingerprint density at radius 3 is 2.67 bits per heavy atom. The van der Waals surface area contributed by atoms with Gasteiger partial charge in [0, 0.05) is 37.4 Å². The highest BCUT2D eigenvalue weighted by Gasteiger charge is 2.23. The Labute approximate surface area is 140 Å². The molecule has 1 aromatic carbocycles. The van der Waals surface area contributed by atoms with E-state index in [1.807, 2.05) is 11.6 Å². The van der Waals surface area contributed by atoms with Crippen LogP contribution < -0.4 is 10.2 Å². The molecule has 1 unspecified atom stereocenters. The average molecular weight is 335 g/mol. The predicted molar refractivity (Wildman–Crippen MR) is 88.8 cm³/mol. The number of nitrogens with zero attached hydrogens (tertiary/aromatic N) is 4. The molecule has 0 spiro atoms. The molecule has 1 aliphatic heterocycles. The molecule has 0 amide bonds. The summed E-state index contributed by atoms with van der Waals surface area (Å²) >= 11 is 0. The van der Waals surface area contributed by atoms with Crippen LogP contribution in [0.3, 0.4) is 0 Å². The summed E-state index contributed by atoms with van der Waals surface area (Å²) in [6.45, 7) is 6.57. The van der Waals surface area contributed by atoms with Crippen molar-refractivity contribution in [1.29, 1.82) is 0 Å². The summed E-state index contributed by atoms with van der Waals surface area (Å²) in [6, 6.07) is 4.61. The normalized spacial score (nSPS) is 17.2. The maximum atomic E-state index is 13.4. The molecular formula is C17H23F2N5. The van der Waals surface area contributed by atoms with Crippen LogP contribution in [0.5, 0.6) is 0 Å². The highest BCUT2D eigenvalue weighted by Crippen LogP contribution is 2.23. The first-order chi connectivity index (χ1) is 11.6. The first-order valence-corrected chi connectivity index (χ1v) is 8.42. The van der Waals surface area contributed by atoms with E-state index in [9.17, 15) is 8.78 Å². The molecule has 2 aromatic rings. The van der Waals surface area contributed by atoms with E-state index in [-0.39, 0.29) is 6.04 Å². The molecule has 2 heterocycles. The second-order valence-corrected chi connectivity index (χ2v) is 6.18. The van der Waals surface area contributed by atoms with Crippen molar-refractivity contribution in [3.63, 3.8) is 0 Å². The third-order valence-corrected chi connectivity index (χ3v) is 4.58. The van der Waals surface area contributed by atoms with Crippen LogP contribution in [0.4, 0.5) is 14.5 Å². The minimum absolute atomic E-state index is 0.132. The monoisotopic (exact) mass is 335 g/mol. The molecule has 5 nitrogen and oxygen atoms in total. The van der Waals surface area contributed by atoms with Gasteiger partial charge in [-0.15, -0.1) is 0 Å². The fraction of sp³-hybridized carbons (Fsp3) is 0.529. The van der Waals surface area contributed by atoms with Gasteiger partial charge in [0.15, 0.2) is 11.6 Å². The van der Waals surface area contributed by atoms with Gasteiger partial charge < -0.3 is 10.2 Å². The second-order valence-electron chi connectivity index (χ2n) is 6.18. The standard InChI is InChI=1S/C17H23F2N5/c1-3-24-17(20-11-21-24)12(2)22-13-6-8-23(9-7-13)14-4-5-15(18)16(19)10-14/h4-5,10-13,22H,3,6-9H2,1-2H3. The van der Waals surface area contributed by atoms with E-state index in [0.29, 0.717) is 6.04 Å². The van der Waals surface area contributed by atoms with Crippen LogP contribution in [0.1, 0.15) is 38.6 Å². The van der Waals surface area contributed by atoms with E-state index < -0.39 is 11.6 Å². The largest absolute Gasteiger partial charge is 0.371 e. The lowest BCUT2D eigenvalue weighted by molar-refractivity contribution is 0.365. The lowest BCUT2D eigenvalue weighted by atomic mass is 10.0. The van der Waals surface area contributed by atoms with Crippen molar-refractivity contribution >= 4 is 5.69 Å². The van der Waals surface area contributed by atoms with Gasteiger partial charge >= 0.3 is 0 Å². The highest BCUT2D eigenvalue weighted by molar-refractivity contribution is 5.47. The van der Waals surface area contributed by atoms with Gasteiger partial charge in [0.2, 0.25) is 0 Å². The first-order valence-electron chi connectivity index (χ1n) is 8.42. The number of piperidine rings is 1. The summed E-state index contributed by atoms with van der Waals surface area (Å²) in [7, 11) is 0. The number of aryl methyl sites for hydroxylation is 1. The number of anilines is 1. The van der Waals surface area contributed by atoms with Gasteiger partial charge in [-0.1, -0.05) is 0 Å². The number of aromatic nitrogens is 3. The van der Waals surface area contributed by atoms with E-state index in [2.05, 4.69) is 27.2 Å². The molecule has 130 valence electrons. The lowest BCUT2D eigenvalue weighted by Gasteiger charge is -2.35. The molecule has 24 heavy (non-hydrogen) atoms. The molecule has 0 radical (unpaired) electrons. The Hall–Kier alpha value is -2.02. The molecule has 3 rings (SSSR count). The van der Waals surface area contributed by atoms with E-state index >= 15 is 0 Å². The maximum Gasteiger partial charge on any atom is 0.160 e. The third-order valence-electron chi connectivity index (χ3n) is 4.58. The van der Waals surface area contributed by atoms with Gasteiger partial charge in [-0.25, -0.2) is 18.4 Å². The third kappa shape index (κ3) is 3.56. The van der Waals surface area contributed by atoms with Crippen LogP contribution in [-0.2, 0) is 6.54 Å². The summed E-state index contributed by atoms with van der Waals surface area (Å²) in [6.07, 6.45) is 3.48. The van der Waals surface area contributed by atoms with Gasteiger partial charge in [-0.2, -0.15) is 5.10 Å². The van der Waals surface area contributed by atoms with Crippen LogP contribution in [-0.4, -0.2) is 33.9 Å². The zero-order chi connectivity index (χ0) is 17.1. The number of hydrogen-bond donors (Lipinski definition) is 1. The van der Waals surface area contributed by atoms with Crippen molar-refractivity contribution in [2.24, 2.45) is 0 Å². The fourth-order valence-electron chi connectivity index (χ4n) is 3.27. The average Bonchev–Trinajstić information content (AvgIpc) is 3.07. The molecule has 1 N–H and O–H groups in total. The van der Waals surface area contributed by atoms with Crippen LogP contribution in [0, 0.1) is 11.6 Å². The minimum Gasteiger partial charge on any atom is -0.371 e. The first kappa shape index (κ1) is 16.8. The minimum atomic E-state index is -0.802. The fourth-order valence-corrected chi connectivity index (χ4v) is 3.27. The Morgan fingerprint density at radius 2 is 2.00 bits per heavy atom. The smallest absolute Gasteiger partial charge is 0.160 e. The summed E-state index contributed by atoms with van der Waals surface area (Å²) < 4.78 is 28.3. The molecule has 1 aliphatic rings. The zero-order valence-corrected chi connectivity index (χ0v) is 14.0. The van der Waals surface area contributed by atoms with Crippen LogP contribution >= 0.6 is 0 Å². The Bertz CT molecular complexity index is 679. The van der Waals surface area contributed by atoms with Crippen molar-refractivity contribution in [3.8, 4) is 0 Å². The Kier molecular flexibility index (Phi) is 5.08. The van der Waals surface area contributed by atoms with E-state index in [1.165, 1.54) is 12.1 Å². The van der Waals surface area contributed by atoms with Gasteiger partial charge in [0.1, 0.15) is 12.2 Å². The van der Waals surface area contributed by atoms with Gasteiger partial charge in [0.05, 0.1) is 6.04 Å². The summed E-state index contributed by atoms with van der Waals surface area (Å²) in [5.74, 6) is -0.648. The quantitative estimate of drug-likeness (QED) is 0.913. The summed E-state index contributed by atoms with van der Waals surface area (Å²) in [5, 5.41) is 7.81. The Balaban J connectivity index is 1.56. The molecule has 0 saturated carbocycles. The molecule has 0 aliphatic carbocycles. The Morgan fingerprint density at radius 1 is 1.25 bits per heavy atom. The number of hydrogen-bond acceptors (Lipinski definition) is 4. The lowest BCUT2D eigenvalue weighted by Crippen LogP contribution is -2.43. The molecule has 1 saturated heterocycles. The van der Waals surface area contributed by atoms with Crippen molar-refractivity contribution in [3.05, 3.63) is 42.0 Å². The van der Waals surface area contributed by atoms with Crippen LogP contribution in [0.25, 0.3) is 0 Å². The van der Waals surface area contributed by atoms with Crippen molar-refractivity contribution < 1.29 is 8.78 Å². The highest BCUT2D eigenvalue weighted by atomic mass is 19.2. The van der Waals surface area contributed by atoms with Crippen molar-refractivity contribution in [1.82, 2.24) is 20.1 Å².